The number of nitrogens with one attached hydrogen (secondary N) is 1. The van der Waals surface area contributed by atoms with Gasteiger partial charge in [-0.3, -0.25) is 0 Å². The quantitative estimate of drug-likeness (QED) is 0.552. The van der Waals surface area contributed by atoms with E-state index in [9.17, 15) is 18.0 Å². The molecule has 0 saturated carbocycles. The lowest BCUT2D eigenvalue weighted by Crippen LogP contribution is -2.50. The Morgan fingerprint density at radius 2 is 1.69 bits per heavy atom. The molecule has 1 N–H and O–H groups in total. The van der Waals surface area contributed by atoms with Crippen LogP contribution in [0.1, 0.15) is 57.7 Å². The monoisotopic (exact) mass is 518 g/mol. The van der Waals surface area contributed by atoms with Gasteiger partial charge in [0, 0.05) is 13.0 Å². The Morgan fingerprint density at radius 3 is 2.31 bits per heavy atom. The number of hydrogen-bond acceptors (Lipinski definition) is 7. The molecule has 1 fully saturated rings. The third-order valence-electron chi connectivity index (χ3n) is 5.70. The van der Waals surface area contributed by atoms with Gasteiger partial charge in [0.25, 0.3) is 0 Å². The van der Waals surface area contributed by atoms with Crippen molar-refractivity contribution in [1.82, 2.24) is 9.62 Å². The van der Waals surface area contributed by atoms with E-state index in [-0.39, 0.29) is 25.5 Å². The third kappa shape index (κ3) is 7.69. The van der Waals surface area contributed by atoms with Crippen LogP contribution >= 0.6 is 0 Å². The molecule has 10 heteroatoms. The zero-order chi connectivity index (χ0) is 26.3. The lowest BCUT2D eigenvalue weighted by Gasteiger charge is -2.40. The van der Waals surface area contributed by atoms with E-state index in [0.717, 1.165) is 5.56 Å². The first kappa shape index (κ1) is 27.5. The number of carbonyl (C=O) groups is 2. The summed E-state index contributed by atoms with van der Waals surface area (Å²) in [7, 11) is -4.42. The Labute approximate surface area is 213 Å². The van der Waals surface area contributed by atoms with Crippen LogP contribution < -0.4 is 5.32 Å². The standard InChI is InChI=1S/C26H34N2O7S/c1-19(15-16-27-24(29)33-18-20-11-7-5-8-12-20)23-17-22(21-13-9-6-10-14-21)28(36(31,32)35-23)25(30)34-26(2,3)4/h5-14,19,22-23H,15-18H2,1-4H3,(H,27,29)/t19-,22-,23+/m0/s1. The van der Waals surface area contributed by atoms with E-state index >= 15 is 0 Å². The number of alkyl carbamates (subject to hydrolysis) is 1. The summed E-state index contributed by atoms with van der Waals surface area (Å²) in [6.45, 7) is 7.29. The van der Waals surface area contributed by atoms with Crippen molar-refractivity contribution in [3.8, 4) is 0 Å². The maximum absolute atomic E-state index is 13.1. The molecule has 0 bridgehead atoms. The molecule has 0 unspecified atom stereocenters. The Hall–Kier alpha value is -3.11. The molecule has 3 atom stereocenters. The molecular formula is C26H34N2O7S. The van der Waals surface area contributed by atoms with E-state index in [0.29, 0.717) is 16.3 Å². The Kier molecular flexibility index (Phi) is 8.97. The van der Waals surface area contributed by atoms with E-state index < -0.39 is 40.2 Å². The molecule has 196 valence electrons. The summed E-state index contributed by atoms with van der Waals surface area (Å²) >= 11 is 0. The van der Waals surface area contributed by atoms with Gasteiger partial charge in [0.1, 0.15) is 12.2 Å². The summed E-state index contributed by atoms with van der Waals surface area (Å²) in [4.78, 5) is 24.9. The molecular weight excluding hydrogens is 484 g/mol. The fourth-order valence-corrected chi connectivity index (χ4v) is 5.29. The van der Waals surface area contributed by atoms with Crippen molar-refractivity contribution in [2.75, 3.05) is 6.54 Å². The summed E-state index contributed by atoms with van der Waals surface area (Å²) in [6, 6.07) is 17.5. The summed E-state index contributed by atoms with van der Waals surface area (Å²) in [6.07, 6.45) is -1.52. The van der Waals surface area contributed by atoms with Crippen LogP contribution in [0.3, 0.4) is 0 Å². The molecule has 1 aliphatic heterocycles. The van der Waals surface area contributed by atoms with Crippen LogP contribution in [0, 0.1) is 5.92 Å². The number of hydrogen-bond donors (Lipinski definition) is 1. The molecule has 0 aliphatic carbocycles. The molecule has 9 nitrogen and oxygen atoms in total. The maximum Gasteiger partial charge on any atom is 0.426 e. The number of rotatable bonds is 7. The minimum absolute atomic E-state index is 0.158. The van der Waals surface area contributed by atoms with Gasteiger partial charge >= 0.3 is 22.5 Å². The summed E-state index contributed by atoms with van der Waals surface area (Å²) in [5, 5.41) is 2.69. The van der Waals surface area contributed by atoms with E-state index in [2.05, 4.69) is 5.32 Å². The van der Waals surface area contributed by atoms with E-state index in [1.807, 2.05) is 43.3 Å². The summed E-state index contributed by atoms with van der Waals surface area (Å²) in [5.74, 6) is -0.235. The zero-order valence-corrected chi connectivity index (χ0v) is 21.9. The minimum Gasteiger partial charge on any atom is -0.445 e. The van der Waals surface area contributed by atoms with Crippen LogP contribution in [-0.4, -0.2) is 43.2 Å². The lowest BCUT2D eigenvalue weighted by molar-refractivity contribution is 0.0104. The minimum atomic E-state index is -4.42. The van der Waals surface area contributed by atoms with Gasteiger partial charge in [-0.2, -0.15) is 12.7 Å². The topological polar surface area (TPSA) is 111 Å². The second kappa shape index (κ2) is 11.7. The van der Waals surface area contributed by atoms with Crippen molar-refractivity contribution < 1.29 is 31.7 Å². The van der Waals surface area contributed by atoms with E-state index in [1.165, 1.54) is 0 Å². The predicted molar refractivity (Wildman–Crippen MR) is 134 cm³/mol. The van der Waals surface area contributed by atoms with Crippen LogP contribution in [0.4, 0.5) is 9.59 Å². The second-order valence-corrected chi connectivity index (χ2v) is 11.2. The smallest absolute Gasteiger partial charge is 0.426 e. The van der Waals surface area contributed by atoms with Crippen LogP contribution in [0.25, 0.3) is 0 Å². The van der Waals surface area contributed by atoms with E-state index in [4.69, 9.17) is 13.7 Å². The lowest BCUT2D eigenvalue weighted by atomic mass is 9.92. The highest BCUT2D eigenvalue weighted by Gasteiger charge is 2.47. The van der Waals surface area contributed by atoms with Crippen molar-refractivity contribution in [1.29, 1.82) is 0 Å². The number of carbonyl (C=O) groups excluding carboxylic acids is 2. The van der Waals surface area contributed by atoms with Gasteiger partial charge in [-0.1, -0.05) is 67.6 Å². The second-order valence-electron chi connectivity index (χ2n) is 9.79. The van der Waals surface area contributed by atoms with Crippen LogP contribution in [0.15, 0.2) is 60.7 Å². The first-order valence-corrected chi connectivity index (χ1v) is 13.3. The number of amides is 2. The first-order chi connectivity index (χ1) is 17.0. The average molecular weight is 519 g/mol. The van der Waals surface area contributed by atoms with Crippen molar-refractivity contribution >= 4 is 22.5 Å². The van der Waals surface area contributed by atoms with Gasteiger partial charge in [-0.25, -0.2) is 13.8 Å². The van der Waals surface area contributed by atoms with Crippen LogP contribution in [-0.2, 0) is 30.6 Å². The molecule has 36 heavy (non-hydrogen) atoms. The van der Waals surface area contributed by atoms with Crippen molar-refractivity contribution in [2.45, 2.75) is 64.9 Å². The maximum atomic E-state index is 13.1. The molecule has 0 aromatic heterocycles. The van der Waals surface area contributed by atoms with Crippen molar-refractivity contribution in [3.05, 3.63) is 71.8 Å². The van der Waals surface area contributed by atoms with Gasteiger partial charge in [0.2, 0.25) is 0 Å². The van der Waals surface area contributed by atoms with Gasteiger partial charge in [-0.05, 0) is 44.2 Å². The largest absolute Gasteiger partial charge is 0.445 e. The predicted octanol–water partition coefficient (Wildman–Crippen LogP) is 4.95. The average Bonchev–Trinajstić information content (AvgIpc) is 2.81. The highest BCUT2D eigenvalue weighted by atomic mass is 32.2. The molecule has 1 saturated heterocycles. The van der Waals surface area contributed by atoms with Gasteiger partial charge in [-0.15, -0.1) is 0 Å². The molecule has 2 aromatic carbocycles. The van der Waals surface area contributed by atoms with Gasteiger partial charge in [0.05, 0.1) is 12.1 Å². The summed E-state index contributed by atoms with van der Waals surface area (Å²) < 4.78 is 43.0. The highest BCUT2D eigenvalue weighted by Crippen LogP contribution is 2.39. The van der Waals surface area contributed by atoms with Gasteiger partial charge < -0.3 is 14.8 Å². The molecule has 2 amide bonds. The Bertz CT molecular complexity index is 1120. The van der Waals surface area contributed by atoms with Crippen LogP contribution in [0.2, 0.25) is 0 Å². The molecule has 1 heterocycles. The number of ether oxygens (including phenoxy) is 2. The number of nitrogens with zero attached hydrogens (tertiary/aromatic N) is 1. The van der Waals surface area contributed by atoms with Crippen molar-refractivity contribution in [3.63, 3.8) is 0 Å². The molecule has 0 radical (unpaired) electrons. The summed E-state index contributed by atoms with van der Waals surface area (Å²) in [5.41, 5.74) is 0.664. The molecule has 2 aromatic rings. The molecule has 1 aliphatic rings. The highest BCUT2D eigenvalue weighted by molar-refractivity contribution is 7.85. The Balaban J connectivity index is 1.64. The third-order valence-corrected chi connectivity index (χ3v) is 7.07. The van der Waals surface area contributed by atoms with Crippen molar-refractivity contribution in [2.24, 2.45) is 5.92 Å². The SMILES string of the molecule is C[C@@H](CCNC(=O)OCc1ccccc1)[C@H]1C[C@@H](c2ccccc2)N(C(=O)OC(C)(C)C)S(=O)(=O)O1. The molecule has 3 rings (SSSR count). The van der Waals surface area contributed by atoms with Crippen LogP contribution in [0.5, 0.6) is 0 Å². The molecule has 0 spiro atoms. The van der Waals surface area contributed by atoms with Gasteiger partial charge in [0.15, 0.2) is 0 Å². The zero-order valence-electron chi connectivity index (χ0n) is 21.0. The Morgan fingerprint density at radius 1 is 1.08 bits per heavy atom. The fourth-order valence-electron chi connectivity index (χ4n) is 3.87. The fraction of sp³-hybridized carbons (Fsp3) is 0.462. The number of benzene rings is 2. The normalized spacial score (nSPS) is 20.3. The first-order valence-electron chi connectivity index (χ1n) is 11.9. The van der Waals surface area contributed by atoms with E-state index in [1.54, 1.807) is 45.0 Å².